The fourth-order valence-corrected chi connectivity index (χ4v) is 9.01. The fraction of sp³-hybridized carbons (Fsp3) is 1.00. The lowest BCUT2D eigenvalue weighted by Crippen LogP contribution is -2.56. The van der Waals surface area contributed by atoms with Gasteiger partial charge in [-0.05, 0) is 53.4 Å². The van der Waals surface area contributed by atoms with Gasteiger partial charge in [-0.2, -0.15) is 0 Å². The van der Waals surface area contributed by atoms with Crippen LogP contribution in [-0.4, -0.2) is 33.5 Å². The van der Waals surface area contributed by atoms with Crippen molar-refractivity contribution < 1.29 is 17.7 Å². The molecular weight excluding hydrogens is 573 g/mol. The Morgan fingerprint density at radius 3 is 0.667 bits per heavy atom. The molecule has 0 fully saturated rings. The van der Waals surface area contributed by atoms with Crippen LogP contribution < -0.4 is 0 Å². The van der Waals surface area contributed by atoms with Gasteiger partial charge < -0.3 is 17.7 Å². The molecule has 0 radical (unpaired) electrons. The molecule has 4 nitrogen and oxygen atoms in total. The van der Waals surface area contributed by atoms with Crippen LogP contribution in [0.1, 0.15) is 235 Å². The summed E-state index contributed by atoms with van der Waals surface area (Å²) in [5, 5.41) is 0. The maximum Gasteiger partial charge on any atom is 0.680 e. The lowest BCUT2D eigenvalue weighted by Gasteiger charge is -2.36. The molecule has 0 aromatic rings. The molecule has 0 aliphatic carbocycles. The predicted octanol–water partition coefficient (Wildman–Crippen LogP) is 14.0. The average Bonchev–Trinajstić information content (AvgIpc) is 3.00. The largest absolute Gasteiger partial charge is 0.680 e. The number of rotatable bonds is 36. The van der Waals surface area contributed by atoms with Crippen molar-refractivity contribution in [1.29, 1.82) is 0 Å². The quantitative estimate of drug-likeness (QED) is 0.0497. The van der Waals surface area contributed by atoms with E-state index in [9.17, 15) is 0 Å². The maximum atomic E-state index is 6.93. The standard InChI is InChI=1S/C40H84O4Si/c1-9-13-17-21-25-29-33-37(5)41-45(42-38(6)34-30-26-22-18-14-10-2,43-39(7)35-31-27-23-19-15-11-3)44-40(8)36-32-28-24-20-16-12-4/h37-40H,9-36H2,1-8H3. The molecule has 45 heavy (non-hydrogen) atoms. The van der Waals surface area contributed by atoms with Crippen LogP contribution in [0.4, 0.5) is 0 Å². The Labute approximate surface area is 285 Å². The Morgan fingerprint density at radius 1 is 0.289 bits per heavy atom. The zero-order valence-corrected chi connectivity index (χ0v) is 33.2. The van der Waals surface area contributed by atoms with Crippen LogP contribution in [0.3, 0.4) is 0 Å². The van der Waals surface area contributed by atoms with Crippen molar-refractivity contribution in [2.45, 2.75) is 260 Å². The van der Waals surface area contributed by atoms with Crippen molar-refractivity contribution in [3.05, 3.63) is 0 Å². The third-order valence-electron chi connectivity index (χ3n) is 9.24. The zero-order valence-electron chi connectivity index (χ0n) is 32.2. The summed E-state index contributed by atoms with van der Waals surface area (Å²) in [7, 11) is -3.37. The van der Waals surface area contributed by atoms with Gasteiger partial charge >= 0.3 is 9.05 Å². The van der Waals surface area contributed by atoms with E-state index in [4.69, 9.17) is 17.7 Å². The topological polar surface area (TPSA) is 36.9 Å². The van der Waals surface area contributed by atoms with Crippen LogP contribution in [0, 0.1) is 0 Å². The minimum atomic E-state index is -3.37. The van der Waals surface area contributed by atoms with Gasteiger partial charge in [-0.1, -0.05) is 182 Å². The van der Waals surface area contributed by atoms with Crippen LogP contribution in [0.5, 0.6) is 0 Å². The molecule has 0 aromatic carbocycles. The average molecular weight is 657 g/mol. The van der Waals surface area contributed by atoms with Gasteiger partial charge in [0.25, 0.3) is 0 Å². The Kier molecular flexibility index (Phi) is 32.6. The molecule has 0 saturated carbocycles. The third kappa shape index (κ3) is 28.8. The molecular formula is C40H84O4Si. The van der Waals surface area contributed by atoms with Crippen LogP contribution in [0.2, 0.25) is 0 Å². The van der Waals surface area contributed by atoms with Crippen molar-refractivity contribution in [2.75, 3.05) is 0 Å². The molecule has 0 aromatic heterocycles. The fourth-order valence-electron chi connectivity index (χ4n) is 6.24. The smallest absolute Gasteiger partial charge is 0.348 e. The van der Waals surface area contributed by atoms with Crippen LogP contribution in [0.25, 0.3) is 0 Å². The minimum Gasteiger partial charge on any atom is -0.348 e. The van der Waals surface area contributed by atoms with Crippen molar-refractivity contribution >= 4 is 9.05 Å². The third-order valence-corrected chi connectivity index (χ3v) is 12.0. The minimum absolute atomic E-state index is 0.0755. The van der Waals surface area contributed by atoms with E-state index >= 15 is 0 Å². The second-order valence-electron chi connectivity index (χ2n) is 14.4. The summed E-state index contributed by atoms with van der Waals surface area (Å²) >= 11 is 0. The number of hydrogen-bond acceptors (Lipinski definition) is 4. The van der Waals surface area contributed by atoms with E-state index in [-0.39, 0.29) is 24.4 Å². The lowest BCUT2D eigenvalue weighted by molar-refractivity contribution is -0.100. The van der Waals surface area contributed by atoms with Crippen LogP contribution in [0.15, 0.2) is 0 Å². The normalized spacial score (nSPS) is 16.0. The highest BCUT2D eigenvalue weighted by molar-refractivity contribution is 6.53. The molecule has 0 aliphatic heterocycles. The van der Waals surface area contributed by atoms with E-state index in [1.54, 1.807) is 0 Å². The Bertz CT molecular complexity index is 487. The highest BCUT2D eigenvalue weighted by atomic mass is 28.4. The van der Waals surface area contributed by atoms with Crippen molar-refractivity contribution in [2.24, 2.45) is 0 Å². The summed E-state index contributed by atoms with van der Waals surface area (Å²) in [5.41, 5.74) is 0. The predicted molar refractivity (Wildman–Crippen MR) is 200 cm³/mol. The molecule has 272 valence electrons. The first kappa shape index (κ1) is 45.1. The van der Waals surface area contributed by atoms with Crippen molar-refractivity contribution in [3.63, 3.8) is 0 Å². The highest BCUT2D eigenvalue weighted by Gasteiger charge is 2.51. The van der Waals surface area contributed by atoms with Gasteiger partial charge in [0.05, 0.1) is 0 Å². The van der Waals surface area contributed by atoms with E-state index < -0.39 is 9.05 Å². The molecule has 0 saturated heterocycles. The lowest BCUT2D eigenvalue weighted by atomic mass is 10.1. The Hall–Kier alpha value is 0.0569. The zero-order chi connectivity index (χ0) is 33.4. The Balaban J connectivity index is 5.52. The van der Waals surface area contributed by atoms with E-state index in [0.717, 1.165) is 25.7 Å². The molecule has 0 N–H and O–H groups in total. The summed E-state index contributed by atoms with van der Waals surface area (Å²) in [4.78, 5) is 0. The van der Waals surface area contributed by atoms with Gasteiger partial charge in [0.15, 0.2) is 0 Å². The molecule has 0 rings (SSSR count). The number of hydrogen-bond donors (Lipinski definition) is 0. The molecule has 5 heteroatoms. The molecule has 0 spiro atoms. The Morgan fingerprint density at radius 2 is 0.467 bits per heavy atom. The van der Waals surface area contributed by atoms with Gasteiger partial charge in [-0.3, -0.25) is 0 Å². The summed E-state index contributed by atoms with van der Waals surface area (Å²) in [6, 6.07) is 0. The van der Waals surface area contributed by atoms with Crippen LogP contribution >= 0.6 is 0 Å². The molecule has 0 aliphatic rings. The first-order chi connectivity index (χ1) is 21.8. The summed E-state index contributed by atoms with van der Waals surface area (Å²) in [5.74, 6) is 0. The summed E-state index contributed by atoms with van der Waals surface area (Å²) < 4.78 is 27.7. The van der Waals surface area contributed by atoms with Gasteiger partial charge in [0, 0.05) is 24.4 Å². The molecule has 4 atom stereocenters. The first-order valence-corrected chi connectivity index (χ1v) is 22.2. The second kappa shape index (κ2) is 32.6. The molecule has 4 unspecified atom stereocenters. The summed E-state index contributed by atoms with van der Waals surface area (Å²) in [6.07, 6.45) is 35.7. The second-order valence-corrected chi connectivity index (χ2v) is 16.4. The monoisotopic (exact) mass is 657 g/mol. The summed E-state index contributed by atoms with van der Waals surface area (Å²) in [6.45, 7) is 18.0. The van der Waals surface area contributed by atoms with E-state index in [2.05, 4.69) is 55.4 Å². The molecule has 0 amide bonds. The van der Waals surface area contributed by atoms with Crippen molar-refractivity contribution in [3.8, 4) is 0 Å². The van der Waals surface area contributed by atoms with Crippen LogP contribution in [-0.2, 0) is 17.7 Å². The van der Waals surface area contributed by atoms with Gasteiger partial charge in [-0.15, -0.1) is 0 Å². The van der Waals surface area contributed by atoms with Gasteiger partial charge in [-0.25, -0.2) is 0 Å². The highest BCUT2D eigenvalue weighted by Crippen LogP contribution is 2.27. The van der Waals surface area contributed by atoms with Gasteiger partial charge in [0.2, 0.25) is 0 Å². The number of unbranched alkanes of at least 4 members (excludes halogenated alkanes) is 20. The molecule has 0 bridgehead atoms. The first-order valence-electron chi connectivity index (χ1n) is 20.5. The van der Waals surface area contributed by atoms with E-state index in [0.29, 0.717) is 0 Å². The van der Waals surface area contributed by atoms with Crippen molar-refractivity contribution in [1.82, 2.24) is 0 Å². The van der Waals surface area contributed by atoms with E-state index in [1.807, 2.05) is 0 Å². The SMILES string of the molecule is CCCCCCCCC(C)O[Si](OC(C)CCCCCCCC)(OC(C)CCCCCCCC)OC(C)CCCCCCCC. The van der Waals surface area contributed by atoms with E-state index in [1.165, 1.54) is 154 Å². The maximum absolute atomic E-state index is 6.93. The molecule has 0 heterocycles. The van der Waals surface area contributed by atoms with Gasteiger partial charge in [0.1, 0.15) is 0 Å².